The Kier molecular flexibility index (Phi) is 64.3. The fourth-order valence-electron chi connectivity index (χ4n) is 11.4. The van der Waals surface area contributed by atoms with E-state index in [4.69, 9.17) is 37.0 Å². The van der Waals surface area contributed by atoms with Crippen LogP contribution < -0.4 is 0 Å². The van der Waals surface area contributed by atoms with Crippen molar-refractivity contribution in [2.24, 2.45) is 17.8 Å². The summed E-state index contributed by atoms with van der Waals surface area (Å²) in [5.74, 6) is 0.284. The van der Waals surface area contributed by atoms with Crippen LogP contribution in [0.5, 0.6) is 0 Å². The molecule has 7 atom stereocenters. The minimum atomic E-state index is -4.96. The first-order valence-corrected chi connectivity index (χ1v) is 41.9. The van der Waals surface area contributed by atoms with Gasteiger partial charge in [0.15, 0.2) is 12.2 Å². The highest BCUT2D eigenvalue weighted by molar-refractivity contribution is 7.47. The van der Waals surface area contributed by atoms with E-state index in [0.717, 1.165) is 114 Å². The van der Waals surface area contributed by atoms with Gasteiger partial charge >= 0.3 is 39.5 Å². The molecular weight excluding hydrogens is 1230 g/mol. The molecule has 0 saturated heterocycles. The highest BCUT2D eigenvalue weighted by Gasteiger charge is 2.30. The molecule has 17 nitrogen and oxygen atoms in total. The third-order valence-electron chi connectivity index (χ3n) is 18.1. The van der Waals surface area contributed by atoms with Gasteiger partial charge in [-0.05, 0) is 43.4 Å². The van der Waals surface area contributed by atoms with E-state index in [0.29, 0.717) is 25.7 Å². The number of phosphoric acid groups is 2. The Morgan fingerprint density at radius 1 is 0.309 bits per heavy atom. The predicted octanol–water partition coefficient (Wildman–Crippen LogP) is 21.8. The van der Waals surface area contributed by atoms with E-state index in [1.54, 1.807) is 0 Å². The van der Waals surface area contributed by atoms with Crippen molar-refractivity contribution in [1.29, 1.82) is 0 Å². The van der Waals surface area contributed by atoms with Gasteiger partial charge in [-0.1, -0.05) is 331 Å². The van der Waals surface area contributed by atoms with E-state index < -0.39 is 97.5 Å². The van der Waals surface area contributed by atoms with Gasteiger partial charge in [-0.3, -0.25) is 37.3 Å². The summed E-state index contributed by atoms with van der Waals surface area (Å²) in [5, 5.41) is 10.6. The summed E-state index contributed by atoms with van der Waals surface area (Å²) in [7, 11) is -9.91. The Bertz CT molecular complexity index is 1840. The van der Waals surface area contributed by atoms with Crippen LogP contribution in [0.25, 0.3) is 0 Å². The summed E-state index contributed by atoms with van der Waals surface area (Å²) in [6, 6.07) is 0. The smallest absolute Gasteiger partial charge is 0.462 e. The van der Waals surface area contributed by atoms with Gasteiger partial charge in [0, 0.05) is 25.7 Å². The SMILES string of the molecule is CCCCCCCCCCC(=O)OC[C@H](COP(=O)(O)OC[C@H](O)COP(=O)(O)OC[C@@H](COC(=O)CCCCCCCCCCCCCCCC(C)C)OC(=O)CCCCCCCCCCCCCCCCC(C)CC)OC(=O)CCCCCCCCCCC(C)CC. The number of phosphoric ester groups is 2. The lowest BCUT2D eigenvalue weighted by Gasteiger charge is -2.21. The van der Waals surface area contributed by atoms with Gasteiger partial charge in [-0.25, -0.2) is 9.13 Å². The third kappa shape index (κ3) is 66.0. The molecule has 0 aliphatic rings. The number of hydrogen-bond acceptors (Lipinski definition) is 15. The zero-order valence-electron chi connectivity index (χ0n) is 61.4. The van der Waals surface area contributed by atoms with Crippen molar-refractivity contribution in [1.82, 2.24) is 0 Å². The first-order valence-electron chi connectivity index (χ1n) is 38.9. The molecule has 0 amide bonds. The van der Waals surface area contributed by atoms with Crippen molar-refractivity contribution < 1.29 is 80.2 Å². The lowest BCUT2D eigenvalue weighted by Crippen LogP contribution is -2.30. The molecule has 0 aliphatic heterocycles. The van der Waals surface area contributed by atoms with Gasteiger partial charge in [-0.2, -0.15) is 0 Å². The first-order chi connectivity index (χ1) is 45.3. The Morgan fingerprint density at radius 2 is 0.543 bits per heavy atom. The van der Waals surface area contributed by atoms with Crippen LogP contribution in [0.4, 0.5) is 0 Å². The Morgan fingerprint density at radius 3 is 0.809 bits per heavy atom. The molecule has 0 aromatic carbocycles. The standard InChI is InChI=1S/C75H146O17P2/c1-8-11-12-13-14-35-42-49-56-72(77)85-62-70(92-75(80)59-52-45-38-31-30-34-41-48-55-68(7)10-3)64-89-93(81,82)87-60-69(76)61-88-94(83,84)90-65-71(63-86-73(78)57-50-43-36-28-24-21-17-18-22-26-32-39-46-53-66(4)5)91-74(79)58-51-44-37-29-25-20-16-15-19-23-27-33-40-47-54-67(6)9-2/h66-71,76H,8-65H2,1-7H3,(H,81,82)(H,83,84)/t67?,68?,69-,70+,71+/m0/s1. The average molecular weight is 1380 g/mol. The number of rotatable bonds is 73. The second-order valence-electron chi connectivity index (χ2n) is 28.0. The Hall–Kier alpha value is -1.94. The highest BCUT2D eigenvalue weighted by atomic mass is 31.2. The molecule has 3 N–H and O–H groups in total. The second kappa shape index (κ2) is 65.7. The number of hydrogen-bond donors (Lipinski definition) is 3. The predicted molar refractivity (Wildman–Crippen MR) is 381 cm³/mol. The van der Waals surface area contributed by atoms with Crippen LogP contribution in [0.1, 0.15) is 382 Å². The lowest BCUT2D eigenvalue weighted by molar-refractivity contribution is -0.161. The third-order valence-corrected chi connectivity index (χ3v) is 20.0. The van der Waals surface area contributed by atoms with Crippen molar-refractivity contribution >= 4 is 39.5 Å². The zero-order valence-corrected chi connectivity index (χ0v) is 63.2. The molecule has 0 spiro atoms. The van der Waals surface area contributed by atoms with Crippen LogP contribution in [0.15, 0.2) is 0 Å². The summed E-state index contributed by atoms with van der Waals surface area (Å²) in [4.78, 5) is 72.7. The monoisotopic (exact) mass is 1380 g/mol. The summed E-state index contributed by atoms with van der Waals surface area (Å²) >= 11 is 0. The van der Waals surface area contributed by atoms with E-state index in [9.17, 15) is 43.2 Å². The van der Waals surface area contributed by atoms with Crippen LogP contribution >= 0.6 is 15.6 Å². The zero-order chi connectivity index (χ0) is 69.4. The van der Waals surface area contributed by atoms with Gasteiger partial charge in [0.1, 0.15) is 19.3 Å². The normalized spacial score (nSPS) is 14.7. The molecule has 0 bridgehead atoms. The molecule has 0 fully saturated rings. The van der Waals surface area contributed by atoms with Crippen molar-refractivity contribution in [3.8, 4) is 0 Å². The van der Waals surface area contributed by atoms with Gasteiger partial charge in [0.25, 0.3) is 0 Å². The topological polar surface area (TPSA) is 237 Å². The van der Waals surface area contributed by atoms with E-state index in [1.807, 2.05) is 0 Å². The minimum Gasteiger partial charge on any atom is -0.462 e. The number of carbonyl (C=O) groups excluding carboxylic acids is 4. The number of unbranched alkanes of at least 4 members (excludes halogenated alkanes) is 39. The molecule has 19 heteroatoms. The average Bonchev–Trinajstić information content (AvgIpc) is 1.51. The molecule has 0 saturated carbocycles. The minimum absolute atomic E-state index is 0.105. The Balaban J connectivity index is 5.22. The maximum absolute atomic E-state index is 13.1. The van der Waals surface area contributed by atoms with Crippen LogP contribution in [-0.4, -0.2) is 96.7 Å². The number of aliphatic hydroxyl groups is 1. The number of ether oxygens (including phenoxy) is 4. The summed E-state index contributed by atoms with van der Waals surface area (Å²) in [6.07, 6.45) is 51.3. The van der Waals surface area contributed by atoms with Crippen molar-refractivity contribution in [2.75, 3.05) is 39.6 Å². The van der Waals surface area contributed by atoms with Crippen molar-refractivity contribution in [3.63, 3.8) is 0 Å². The first kappa shape index (κ1) is 92.1. The van der Waals surface area contributed by atoms with Gasteiger partial charge < -0.3 is 33.8 Å². The number of aliphatic hydroxyl groups excluding tert-OH is 1. The lowest BCUT2D eigenvalue weighted by atomic mass is 9.99. The Labute approximate surface area is 575 Å². The molecular formula is C75H146O17P2. The van der Waals surface area contributed by atoms with E-state index >= 15 is 0 Å². The fourth-order valence-corrected chi connectivity index (χ4v) is 12.9. The molecule has 4 unspecified atom stereocenters. The van der Waals surface area contributed by atoms with Crippen molar-refractivity contribution in [2.45, 2.75) is 401 Å². The fraction of sp³-hybridized carbons (Fsp3) is 0.947. The van der Waals surface area contributed by atoms with Gasteiger partial charge in [-0.15, -0.1) is 0 Å². The van der Waals surface area contributed by atoms with E-state index in [1.165, 1.54) is 186 Å². The molecule has 0 radical (unpaired) electrons. The number of carbonyl (C=O) groups is 4. The van der Waals surface area contributed by atoms with Crippen LogP contribution in [-0.2, 0) is 65.4 Å². The quantitative estimate of drug-likeness (QED) is 0.0222. The van der Waals surface area contributed by atoms with E-state index in [2.05, 4.69) is 48.5 Å². The molecule has 558 valence electrons. The maximum atomic E-state index is 13.1. The number of esters is 4. The van der Waals surface area contributed by atoms with Gasteiger partial charge in [0.2, 0.25) is 0 Å². The van der Waals surface area contributed by atoms with Gasteiger partial charge in [0.05, 0.1) is 26.4 Å². The maximum Gasteiger partial charge on any atom is 0.472 e. The van der Waals surface area contributed by atoms with Crippen LogP contribution in [0.2, 0.25) is 0 Å². The molecule has 0 aliphatic carbocycles. The second-order valence-corrected chi connectivity index (χ2v) is 30.9. The molecule has 0 heterocycles. The molecule has 0 aromatic rings. The summed E-state index contributed by atoms with van der Waals surface area (Å²) in [6.45, 7) is 11.9. The molecule has 94 heavy (non-hydrogen) atoms. The largest absolute Gasteiger partial charge is 0.472 e. The van der Waals surface area contributed by atoms with Crippen molar-refractivity contribution in [3.05, 3.63) is 0 Å². The van der Waals surface area contributed by atoms with E-state index in [-0.39, 0.29) is 25.7 Å². The summed E-state index contributed by atoms with van der Waals surface area (Å²) < 4.78 is 68.4. The highest BCUT2D eigenvalue weighted by Crippen LogP contribution is 2.45. The van der Waals surface area contributed by atoms with Crippen LogP contribution in [0.3, 0.4) is 0 Å². The molecule has 0 rings (SSSR count). The summed E-state index contributed by atoms with van der Waals surface area (Å²) in [5.41, 5.74) is 0. The molecule has 0 aromatic heterocycles. The van der Waals surface area contributed by atoms with Crippen LogP contribution in [0, 0.1) is 17.8 Å².